The largest absolute Gasteiger partial charge is 0.370 e. The van der Waals surface area contributed by atoms with E-state index in [1.165, 1.54) is 4.90 Å². The van der Waals surface area contributed by atoms with Gasteiger partial charge in [0.05, 0.1) is 18.8 Å². The van der Waals surface area contributed by atoms with Crippen molar-refractivity contribution < 1.29 is 14.4 Å². The maximum atomic E-state index is 12.2. The highest BCUT2D eigenvalue weighted by Crippen LogP contribution is 2.29. The molecular formula is C15H21N4O2+. The fraction of sp³-hybridized carbons (Fsp3) is 0.600. The van der Waals surface area contributed by atoms with E-state index in [0.717, 1.165) is 50.0 Å². The monoisotopic (exact) mass is 289 g/mol. The Morgan fingerprint density at radius 1 is 1.33 bits per heavy atom. The van der Waals surface area contributed by atoms with Crippen molar-refractivity contribution in [1.82, 2.24) is 4.98 Å². The third-order valence-corrected chi connectivity index (χ3v) is 4.28. The molecule has 0 saturated carbocycles. The Balaban J connectivity index is 1.68. The maximum Gasteiger partial charge on any atom is 0.280 e. The van der Waals surface area contributed by atoms with Gasteiger partial charge in [0, 0.05) is 5.69 Å². The number of carbonyl (C=O) groups excluding carboxylic acids is 1. The fourth-order valence-electron chi connectivity index (χ4n) is 3.15. The van der Waals surface area contributed by atoms with Crippen molar-refractivity contribution in [2.75, 3.05) is 38.2 Å². The Kier molecular flexibility index (Phi) is 4.23. The highest BCUT2D eigenvalue weighted by molar-refractivity contribution is 5.92. The molecule has 1 aliphatic carbocycles. The molecule has 3 N–H and O–H groups in total. The van der Waals surface area contributed by atoms with E-state index in [-0.39, 0.29) is 5.91 Å². The van der Waals surface area contributed by atoms with Crippen LogP contribution in [0.25, 0.3) is 0 Å². The van der Waals surface area contributed by atoms with Gasteiger partial charge in [0.25, 0.3) is 5.91 Å². The van der Waals surface area contributed by atoms with Crippen LogP contribution in [0.1, 0.15) is 29.7 Å². The van der Waals surface area contributed by atoms with E-state index in [9.17, 15) is 10.1 Å². The first-order chi connectivity index (χ1) is 10.3. The number of anilines is 1. The normalized spacial score (nSPS) is 18.8. The standard InChI is InChI=1S/C15H20N4O2/c16-9-12-11-3-1-2-4-13(11)17-15(12)18-14(20)10-19-5-7-21-8-6-19/h17H,1-8,10H2,(H,18,20)/p+1. The summed E-state index contributed by atoms with van der Waals surface area (Å²) in [5.41, 5.74) is 2.83. The van der Waals surface area contributed by atoms with E-state index < -0.39 is 0 Å². The van der Waals surface area contributed by atoms with Crippen molar-refractivity contribution in [3.8, 4) is 6.07 Å². The predicted octanol–water partition coefficient (Wildman–Crippen LogP) is -0.381. The van der Waals surface area contributed by atoms with Gasteiger partial charge in [-0.1, -0.05) is 0 Å². The van der Waals surface area contributed by atoms with Gasteiger partial charge in [-0.2, -0.15) is 5.26 Å². The Labute approximate surface area is 124 Å². The average molecular weight is 289 g/mol. The smallest absolute Gasteiger partial charge is 0.280 e. The highest BCUT2D eigenvalue weighted by Gasteiger charge is 2.23. The summed E-state index contributed by atoms with van der Waals surface area (Å²) in [4.78, 5) is 16.6. The first-order valence-electron chi connectivity index (χ1n) is 7.63. The summed E-state index contributed by atoms with van der Waals surface area (Å²) in [5.74, 6) is 0.545. The minimum Gasteiger partial charge on any atom is -0.370 e. The summed E-state index contributed by atoms with van der Waals surface area (Å²) in [6, 6.07) is 2.24. The summed E-state index contributed by atoms with van der Waals surface area (Å²) in [5, 5.41) is 12.2. The van der Waals surface area contributed by atoms with Crippen LogP contribution in [-0.2, 0) is 22.4 Å². The number of aromatic nitrogens is 1. The summed E-state index contributed by atoms with van der Waals surface area (Å²) in [6.07, 6.45) is 4.16. The number of aryl methyl sites for hydroxylation is 1. The second kappa shape index (κ2) is 6.29. The number of quaternary nitrogens is 1. The second-order valence-electron chi connectivity index (χ2n) is 5.74. The number of rotatable bonds is 3. The highest BCUT2D eigenvalue weighted by atomic mass is 16.5. The van der Waals surface area contributed by atoms with Crippen molar-refractivity contribution in [2.45, 2.75) is 25.7 Å². The van der Waals surface area contributed by atoms with Crippen molar-refractivity contribution in [2.24, 2.45) is 0 Å². The number of morpholine rings is 1. The molecule has 1 amide bonds. The molecule has 0 atom stereocenters. The van der Waals surface area contributed by atoms with Crippen molar-refractivity contribution >= 4 is 11.7 Å². The van der Waals surface area contributed by atoms with Crippen LogP contribution < -0.4 is 10.2 Å². The molecule has 0 radical (unpaired) electrons. The van der Waals surface area contributed by atoms with Crippen LogP contribution in [0, 0.1) is 11.3 Å². The molecule has 0 spiro atoms. The molecule has 3 rings (SSSR count). The molecule has 112 valence electrons. The third kappa shape index (κ3) is 3.09. The van der Waals surface area contributed by atoms with Crippen molar-refractivity contribution in [1.29, 1.82) is 5.26 Å². The van der Waals surface area contributed by atoms with Gasteiger partial charge in [0.1, 0.15) is 25.0 Å². The second-order valence-corrected chi connectivity index (χ2v) is 5.74. The van der Waals surface area contributed by atoms with Crippen LogP contribution in [0.15, 0.2) is 0 Å². The molecule has 0 aromatic carbocycles. The van der Waals surface area contributed by atoms with Gasteiger partial charge in [0.2, 0.25) is 0 Å². The van der Waals surface area contributed by atoms with Crippen molar-refractivity contribution in [3.05, 3.63) is 16.8 Å². The van der Waals surface area contributed by atoms with Crippen LogP contribution >= 0.6 is 0 Å². The van der Waals surface area contributed by atoms with Gasteiger partial charge in [0.15, 0.2) is 6.54 Å². The summed E-state index contributed by atoms with van der Waals surface area (Å²) in [6.45, 7) is 3.57. The maximum absolute atomic E-state index is 12.2. The summed E-state index contributed by atoms with van der Waals surface area (Å²) in [7, 11) is 0. The van der Waals surface area contributed by atoms with Gasteiger partial charge < -0.3 is 19.9 Å². The lowest BCUT2D eigenvalue weighted by molar-refractivity contribution is -0.899. The molecule has 6 heteroatoms. The zero-order chi connectivity index (χ0) is 14.7. The number of nitriles is 1. The number of nitrogens with one attached hydrogen (secondary N) is 3. The number of amides is 1. The molecular weight excluding hydrogens is 268 g/mol. The van der Waals surface area contributed by atoms with Gasteiger partial charge in [-0.05, 0) is 31.2 Å². The number of hydrogen-bond acceptors (Lipinski definition) is 3. The first kappa shape index (κ1) is 14.1. The quantitative estimate of drug-likeness (QED) is 0.709. The zero-order valence-electron chi connectivity index (χ0n) is 12.1. The van der Waals surface area contributed by atoms with Gasteiger partial charge in [-0.3, -0.25) is 4.79 Å². The van der Waals surface area contributed by atoms with E-state index in [0.29, 0.717) is 31.1 Å². The van der Waals surface area contributed by atoms with Crippen LogP contribution in [-0.4, -0.2) is 43.7 Å². The van der Waals surface area contributed by atoms with E-state index in [2.05, 4.69) is 16.4 Å². The van der Waals surface area contributed by atoms with Crippen molar-refractivity contribution in [3.63, 3.8) is 0 Å². The van der Waals surface area contributed by atoms with Crippen LogP contribution in [0.5, 0.6) is 0 Å². The molecule has 0 bridgehead atoms. The Hall–Kier alpha value is -1.84. The lowest BCUT2D eigenvalue weighted by Gasteiger charge is -2.22. The summed E-state index contributed by atoms with van der Waals surface area (Å²) >= 11 is 0. The molecule has 21 heavy (non-hydrogen) atoms. The Morgan fingerprint density at radius 2 is 2.10 bits per heavy atom. The topological polar surface area (TPSA) is 82.3 Å². The zero-order valence-corrected chi connectivity index (χ0v) is 12.1. The molecule has 1 aromatic heterocycles. The predicted molar refractivity (Wildman–Crippen MR) is 77.2 cm³/mol. The third-order valence-electron chi connectivity index (χ3n) is 4.28. The van der Waals surface area contributed by atoms with Gasteiger partial charge in [-0.15, -0.1) is 0 Å². The molecule has 6 nitrogen and oxygen atoms in total. The summed E-state index contributed by atoms with van der Waals surface area (Å²) < 4.78 is 5.29. The van der Waals surface area contributed by atoms with E-state index in [1.54, 1.807) is 0 Å². The molecule has 1 saturated heterocycles. The number of nitrogens with zero attached hydrogens (tertiary/aromatic N) is 1. The molecule has 1 aliphatic heterocycles. The minimum atomic E-state index is -0.0398. The Morgan fingerprint density at radius 3 is 2.86 bits per heavy atom. The Bertz CT molecular complexity index is 567. The number of carbonyl (C=O) groups is 1. The number of hydrogen-bond donors (Lipinski definition) is 3. The number of ether oxygens (including phenoxy) is 1. The first-order valence-corrected chi connectivity index (χ1v) is 7.63. The van der Waals surface area contributed by atoms with E-state index in [1.807, 2.05) is 0 Å². The van der Waals surface area contributed by atoms with E-state index >= 15 is 0 Å². The average Bonchev–Trinajstić information content (AvgIpc) is 2.85. The van der Waals surface area contributed by atoms with Crippen LogP contribution in [0.2, 0.25) is 0 Å². The number of fused-ring (bicyclic) bond motifs is 1. The molecule has 0 unspecified atom stereocenters. The van der Waals surface area contributed by atoms with Crippen LogP contribution in [0.4, 0.5) is 5.82 Å². The lowest BCUT2D eigenvalue weighted by Crippen LogP contribution is -3.15. The van der Waals surface area contributed by atoms with Gasteiger partial charge in [-0.25, -0.2) is 0 Å². The van der Waals surface area contributed by atoms with Gasteiger partial charge >= 0.3 is 0 Å². The number of H-pyrrole nitrogens is 1. The fourth-order valence-corrected chi connectivity index (χ4v) is 3.15. The molecule has 2 aliphatic rings. The van der Waals surface area contributed by atoms with E-state index in [4.69, 9.17) is 4.74 Å². The lowest BCUT2D eigenvalue weighted by atomic mass is 9.95. The number of aromatic amines is 1. The minimum absolute atomic E-state index is 0.0398. The molecule has 2 heterocycles. The molecule has 1 aromatic rings. The van der Waals surface area contributed by atoms with Crippen LogP contribution in [0.3, 0.4) is 0 Å². The molecule has 1 fully saturated rings. The SMILES string of the molecule is N#Cc1c(NC(=O)C[NH+]2CCOCC2)[nH]c2c1CCCC2.